The summed E-state index contributed by atoms with van der Waals surface area (Å²) in [6.07, 6.45) is 5.12. The van der Waals surface area contributed by atoms with Crippen molar-refractivity contribution in [2.24, 2.45) is 23.6 Å². The number of hydrogen-bond acceptors (Lipinski definition) is 2. The number of halogens is 2. The Balaban J connectivity index is 1.90. The molecule has 1 aromatic rings. The van der Waals surface area contributed by atoms with E-state index in [1.54, 1.807) is 6.07 Å². The van der Waals surface area contributed by atoms with E-state index < -0.39 is 0 Å². The van der Waals surface area contributed by atoms with Gasteiger partial charge in [-0.25, -0.2) is 4.39 Å². The fourth-order valence-corrected chi connectivity index (χ4v) is 4.29. The number of hydrogen-bond donors (Lipinski definition) is 2. The Hall–Kier alpha value is -0.450. The molecule has 2 aliphatic carbocycles. The summed E-state index contributed by atoms with van der Waals surface area (Å²) in [5.74, 6) is 7.57. The van der Waals surface area contributed by atoms with Gasteiger partial charge in [0.05, 0.1) is 10.5 Å². The Morgan fingerprint density at radius 2 is 2.17 bits per heavy atom. The lowest BCUT2D eigenvalue weighted by molar-refractivity contribution is 0.248. The van der Waals surface area contributed by atoms with Crippen molar-refractivity contribution >= 4 is 15.9 Å². The van der Waals surface area contributed by atoms with Gasteiger partial charge in [0.25, 0.3) is 0 Å². The first-order chi connectivity index (χ1) is 8.70. The second-order valence-corrected chi connectivity index (χ2v) is 6.48. The van der Waals surface area contributed by atoms with E-state index in [-0.39, 0.29) is 11.9 Å². The summed E-state index contributed by atoms with van der Waals surface area (Å²) in [6.45, 7) is 0. The first-order valence-corrected chi connectivity index (χ1v) is 7.40. The van der Waals surface area contributed by atoms with Crippen molar-refractivity contribution in [3.8, 4) is 0 Å². The second kappa shape index (κ2) is 4.91. The van der Waals surface area contributed by atoms with E-state index in [4.69, 9.17) is 5.84 Å². The first-order valence-electron chi connectivity index (χ1n) is 6.60. The lowest BCUT2D eigenvalue weighted by atomic mass is 9.80. The normalized spacial score (nSPS) is 31.8. The van der Waals surface area contributed by atoms with Crippen LogP contribution in [0.2, 0.25) is 0 Å². The van der Waals surface area contributed by atoms with Crippen LogP contribution in [-0.2, 0) is 0 Å². The number of benzene rings is 1. The van der Waals surface area contributed by atoms with Gasteiger partial charge in [-0.2, -0.15) is 0 Å². The third-order valence-corrected chi connectivity index (χ3v) is 5.33. The largest absolute Gasteiger partial charge is 0.271 e. The molecule has 2 fully saturated rings. The van der Waals surface area contributed by atoms with Crippen LogP contribution in [0.4, 0.5) is 4.39 Å². The van der Waals surface area contributed by atoms with Gasteiger partial charge in [0.2, 0.25) is 0 Å². The molecule has 4 unspecified atom stereocenters. The summed E-state index contributed by atoms with van der Waals surface area (Å²) in [4.78, 5) is 0. The molecular weight excluding hydrogens is 295 g/mol. The van der Waals surface area contributed by atoms with Gasteiger partial charge in [0, 0.05) is 5.56 Å². The highest BCUT2D eigenvalue weighted by Gasteiger charge is 2.43. The average molecular weight is 313 g/mol. The Morgan fingerprint density at radius 1 is 1.33 bits per heavy atom. The number of nitrogens with one attached hydrogen (secondary N) is 1. The van der Waals surface area contributed by atoms with Crippen LogP contribution in [0.5, 0.6) is 0 Å². The maximum absolute atomic E-state index is 14.2. The smallest absolute Gasteiger partial charge is 0.142 e. The zero-order valence-corrected chi connectivity index (χ0v) is 11.8. The van der Waals surface area contributed by atoms with Crippen LogP contribution >= 0.6 is 15.9 Å². The third kappa shape index (κ3) is 2.00. The molecule has 0 radical (unpaired) electrons. The van der Waals surface area contributed by atoms with E-state index in [2.05, 4.69) is 21.4 Å². The Kier molecular flexibility index (Phi) is 3.43. The molecule has 0 spiro atoms. The van der Waals surface area contributed by atoms with Crippen molar-refractivity contribution in [1.29, 1.82) is 0 Å². The molecule has 4 heteroatoms. The van der Waals surface area contributed by atoms with E-state index >= 15 is 0 Å². The molecule has 18 heavy (non-hydrogen) atoms. The molecule has 0 heterocycles. The molecule has 0 aliphatic heterocycles. The minimum atomic E-state index is -0.178. The summed E-state index contributed by atoms with van der Waals surface area (Å²) in [5, 5.41) is 0. The molecule has 0 saturated heterocycles. The quantitative estimate of drug-likeness (QED) is 0.662. The van der Waals surface area contributed by atoms with E-state index in [9.17, 15) is 4.39 Å². The lowest BCUT2D eigenvalue weighted by Crippen LogP contribution is -2.36. The van der Waals surface area contributed by atoms with E-state index in [1.807, 2.05) is 12.1 Å². The summed E-state index contributed by atoms with van der Waals surface area (Å²) in [5.41, 5.74) is 3.55. The summed E-state index contributed by atoms with van der Waals surface area (Å²) >= 11 is 3.25. The Labute approximate surface area is 115 Å². The van der Waals surface area contributed by atoms with Crippen LogP contribution in [0, 0.1) is 23.6 Å². The minimum absolute atomic E-state index is 0.0576. The molecule has 1 aromatic carbocycles. The van der Waals surface area contributed by atoms with Crippen molar-refractivity contribution in [3.05, 3.63) is 34.1 Å². The van der Waals surface area contributed by atoms with E-state index in [0.717, 1.165) is 11.8 Å². The predicted octanol–water partition coefficient (Wildman–Crippen LogP) is 3.53. The van der Waals surface area contributed by atoms with E-state index in [0.29, 0.717) is 16.0 Å². The SMILES string of the molecule is NNC(c1cccc(Br)c1F)C1CC2CCC1C2. The summed E-state index contributed by atoms with van der Waals surface area (Å²) in [7, 11) is 0. The van der Waals surface area contributed by atoms with Gasteiger partial charge in [-0.05, 0) is 59.0 Å². The molecule has 2 bridgehead atoms. The maximum atomic E-state index is 14.2. The fourth-order valence-electron chi connectivity index (χ4n) is 3.91. The average Bonchev–Trinajstić information content (AvgIpc) is 2.98. The Morgan fingerprint density at radius 3 is 2.78 bits per heavy atom. The number of hydrazine groups is 1. The number of fused-ring (bicyclic) bond motifs is 2. The van der Waals surface area contributed by atoms with Crippen molar-refractivity contribution < 1.29 is 4.39 Å². The molecule has 2 saturated carbocycles. The minimum Gasteiger partial charge on any atom is -0.271 e. The van der Waals surface area contributed by atoms with Crippen LogP contribution in [0.3, 0.4) is 0 Å². The predicted molar refractivity (Wildman–Crippen MR) is 73.1 cm³/mol. The third-order valence-electron chi connectivity index (χ3n) is 4.72. The van der Waals surface area contributed by atoms with Gasteiger partial charge in [0.1, 0.15) is 5.82 Å². The highest BCUT2D eigenvalue weighted by Crippen LogP contribution is 2.52. The monoisotopic (exact) mass is 312 g/mol. The highest BCUT2D eigenvalue weighted by atomic mass is 79.9. The molecule has 2 nitrogen and oxygen atoms in total. The van der Waals surface area contributed by atoms with Crippen LogP contribution < -0.4 is 11.3 Å². The highest BCUT2D eigenvalue weighted by molar-refractivity contribution is 9.10. The molecular formula is C14H18BrFN2. The molecule has 0 aromatic heterocycles. The summed E-state index contributed by atoms with van der Waals surface area (Å²) in [6, 6.07) is 5.39. The van der Waals surface area contributed by atoms with Gasteiger partial charge in [-0.3, -0.25) is 11.3 Å². The van der Waals surface area contributed by atoms with Gasteiger partial charge in [-0.1, -0.05) is 18.6 Å². The van der Waals surface area contributed by atoms with Gasteiger partial charge < -0.3 is 0 Å². The molecule has 2 aliphatic rings. The van der Waals surface area contributed by atoms with Crippen LogP contribution in [-0.4, -0.2) is 0 Å². The Bertz CT molecular complexity index is 451. The van der Waals surface area contributed by atoms with Gasteiger partial charge in [-0.15, -0.1) is 0 Å². The van der Waals surface area contributed by atoms with Crippen LogP contribution in [0.15, 0.2) is 22.7 Å². The topological polar surface area (TPSA) is 38.0 Å². The standard InChI is InChI=1S/C14H18BrFN2/c15-12-3-1-2-10(13(12)16)14(18-17)11-7-8-4-5-9(11)6-8/h1-3,8-9,11,14,18H,4-7,17H2. The molecule has 3 N–H and O–H groups in total. The zero-order valence-electron chi connectivity index (χ0n) is 10.2. The molecule has 98 valence electrons. The van der Waals surface area contributed by atoms with Crippen LogP contribution in [0.25, 0.3) is 0 Å². The number of rotatable bonds is 3. The van der Waals surface area contributed by atoms with Crippen molar-refractivity contribution in [3.63, 3.8) is 0 Å². The fraction of sp³-hybridized carbons (Fsp3) is 0.571. The van der Waals surface area contributed by atoms with Crippen LogP contribution in [0.1, 0.15) is 37.3 Å². The first kappa shape index (κ1) is 12.6. The maximum Gasteiger partial charge on any atom is 0.142 e. The van der Waals surface area contributed by atoms with Gasteiger partial charge in [0.15, 0.2) is 0 Å². The van der Waals surface area contributed by atoms with Gasteiger partial charge >= 0.3 is 0 Å². The zero-order chi connectivity index (χ0) is 12.7. The molecule has 3 rings (SSSR count). The van der Waals surface area contributed by atoms with Crippen molar-refractivity contribution in [2.75, 3.05) is 0 Å². The van der Waals surface area contributed by atoms with Crippen molar-refractivity contribution in [2.45, 2.75) is 31.7 Å². The number of nitrogens with two attached hydrogens (primary N) is 1. The lowest BCUT2D eigenvalue weighted by Gasteiger charge is -2.30. The van der Waals surface area contributed by atoms with Crippen molar-refractivity contribution in [1.82, 2.24) is 5.43 Å². The molecule has 4 atom stereocenters. The second-order valence-electron chi connectivity index (χ2n) is 5.63. The summed E-state index contributed by atoms with van der Waals surface area (Å²) < 4.78 is 14.7. The van der Waals surface area contributed by atoms with E-state index in [1.165, 1.54) is 25.7 Å². The molecule has 0 amide bonds.